The summed E-state index contributed by atoms with van der Waals surface area (Å²) in [6.07, 6.45) is 0. The second-order valence-electron chi connectivity index (χ2n) is 11.0. The van der Waals surface area contributed by atoms with Crippen molar-refractivity contribution in [2.45, 2.75) is 23.7 Å². The van der Waals surface area contributed by atoms with Crippen LogP contribution >= 0.6 is 0 Å². The summed E-state index contributed by atoms with van der Waals surface area (Å²) >= 11 is 0. The molecule has 1 aliphatic carbocycles. The molecule has 0 saturated heterocycles. The van der Waals surface area contributed by atoms with Gasteiger partial charge < -0.3 is 9.84 Å². The summed E-state index contributed by atoms with van der Waals surface area (Å²) in [5.41, 5.74) is 5.06. The first-order valence-corrected chi connectivity index (χ1v) is 14.1. The van der Waals surface area contributed by atoms with Crippen LogP contribution < -0.4 is 4.74 Å². The number of rotatable bonds is 7. The fourth-order valence-electron chi connectivity index (χ4n) is 6.91. The third kappa shape index (κ3) is 4.51. The monoisotopic (exact) mass is 548 g/mol. The number of carbonyl (C=O) groups excluding carboxylic acids is 1. The van der Waals surface area contributed by atoms with Gasteiger partial charge in [0.05, 0.1) is 5.56 Å². The van der Waals surface area contributed by atoms with Crippen molar-refractivity contribution in [2.75, 3.05) is 0 Å². The predicted molar refractivity (Wildman–Crippen MR) is 165 cm³/mol. The molecule has 1 saturated carbocycles. The van der Waals surface area contributed by atoms with Crippen molar-refractivity contribution in [2.24, 2.45) is 0 Å². The van der Waals surface area contributed by atoms with E-state index in [-0.39, 0.29) is 29.2 Å². The quantitative estimate of drug-likeness (QED) is 0.203. The molecule has 1 fully saturated rings. The Kier molecular flexibility index (Phi) is 6.52. The van der Waals surface area contributed by atoms with Crippen LogP contribution in [0.4, 0.5) is 0 Å². The van der Waals surface area contributed by atoms with Gasteiger partial charge in [0.15, 0.2) is 0 Å². The van der Waals surface area contributed by atoms with E-state index in [1.165, 1.54) is 32.7 Å². The van der Waals surface area contributed by atoms with Crippen LogP contribution in [0.3, 0.4) is 0 Å². The number of hydrogen-bond donors (Lipinski definition) is 1. The van der Waals surface area contributed by atoms with Crippen LogP contribution in [0.25, 0.3) is 21.5 Å². The molecule has 0 heterocycles. The van der Waals surface area contributed by atoms with Crippen molar-refractivity contribution in [3.05, 3.63) is 161 Å². The van der Waals surface area contributed by atoms with E-state index in [4.69, 9.17) is 4.74 Å². The van der Waals surface area contributed by atoms with E-state index >= 15 is 0 Å². The molecule has 1 aliphatic rings. The number of carbonyl (C=O) groups is 2. The van der Waals surface area contributed by atoms with E-state index in [0.717, 1.165) is 11.1 Å². The number of fused-ring (bicyclic) bond motifs is 2. The molecule has 4 heteroatoms. The van der Waals surface area contributed by atoms with Gasteiger partial charge >= 0.3 is 5.97 Å². The molecule has 4 atom stereocenters. The molecule has 0 bridgehead atoms. The Bertz CT molecular complexity index is 1920. The number of ether oxygens (including phenoxy) is 1. The van der Waals surface area contributed by atoms with E-state index < -0.39 is 5.97 Å². The highest BCUT2D eigenvalue weighted by molar-refractivity contribution is 5.88. The zero-order chi connectivity index (χ0) is 28.6. The van der Waals surface area contributed by atoms with Crippen molar-refractivity contribution in [1.82, 2.24) is 0 Å². The van der Waals surface area contributed by atoms with Crippen LogP contribution in [-0.2, 0) is 4.79 Å². The minimum atomic E-state index is -0.933. The van der Waals surface area contributed by atoms with Crippen LogP contribution in [-0.4, -0.2) is 17.5 Å². The zero-order valence-corrected chi connectivity index (χ0v) is 22.8. The van der Waals surface area contributed by atoms with Gasteiger partial charge in [-0.15, -0.1) is 0 Å². The second-order valence-corrected chi connectivity index (χ2v) is 11.0. The van der Waals surface area contributed by atoms with E-state index in [9.17, 15) is 14.7 Å². The van der Waals surface area contributed by atoms with Gasteiger partial charge in [0.1, 0.15) is 5.75 Å². The Hall–Kier alpha value is -5.22. The van der Waals surface area contributed by atoms with Crippen LogP contribution in [0.1, 0.15) is 56.3 Å². The van der Waals surface area contributed by atoms with Gasteiger partial charge in [-0.05, 0) is 91.7 Å². The van der Waals surface area contributed by atoms with Gasteiger partial charge in [0.25, 0.3) is 6.47 Å². The Morgan fingerprint density at radius 3 is 1.38 bits per heavy atom. The fraction of sp³-hybridized carbons (Fsp3) is 0.105. The van der Waals surface area contributed by atoms with Gasteiger partial charge in [-0.2, -0.15) is 0 Å². The molecule has 7 rings (SSSR count). The Balaban J connectivity index is 1.42. The maximum absolute atomic E-state index is 11.7. The molecule has 4 nitrogen and oxygen atoms in total. The number of aromatic carboxylic acids is 1. The van der Waals surface area contributed by atoms with E-state index in [2.05, 4.69) is 84.9 Å². The molecular formula is C38H28O4. The highest BCUT2D eigenvalue weighted by Gasteiger charge is 2.52. The van der Waals surface area contributed by atoms with Gasteiger partial charge in [-0.25, -0.2) is 4.79 Å². The molecule has 0 aliphatic heterocycles. The van der Waals surface area contributed by atoms with Crippen molar-refractivity contribution in [1.29, 1.82) is 0 Å². The highest BCUT2D eigenvalue weighted by Crippen LogP contribution is 2.66. The lowest BCUT2D eigenvalue weighted by Gasteiger charge is -2.54. The lowest BCUT2D eigenvalue weighted by atomic mass is 9.49. The number of carboxylic acid groups (broad SMARTS) is 1. The number of hydrogen-bond acceptors (Lipinski definition) is 3. The lowest BCUT2D eigenvalue weighted by molar-refractivity contribution is -0.120. The summed E-state index contributed by atoms with van der Waals surface area (Å²) in [6.45, 7) is 0.443. The molecule has 204 valence electrons. The fourth-order valence-corrected chi connectivity index (χ4v) is 6.91. The third-order valence-corrected chi connectivity index (χ3v) is 8.86. The smallest absolute Gasteiger partial charge is 0.335 e. The Labute approximate surface area is 243 Å². The van der Waals surface area contributed by atoms with Crippen LogP contribution in [0.2, 0.25) is 0 Å². The van der Waals surface area contributed by atoms with E-state index in [0.29, 0.717) is 12.2 Å². The summed E-state index contributed by atoms with van der Waals surface area (Å²) in [5.74, 6) is 0.105. The van der Waals surface area contributed by atoms with Crippen molar-refractivity contribution in [3.63, 3.8) is 0 Å². The number of carboxylic acids is 1. The summed E-state index contributed by atoms with van der Waals surface area (Å²) in [4.78, 5) is 22.6. The normalized spacial score (nSPS) is 19.7. The minimum absolute atomic E-state index is 0.100. The molecule has 1 N–H and O–H groups in total. The molecule has 0 unspecified atom stereocenters. The average Bonchev–Trinajstić information content (AvgIpc) is 3.02. The average molecular weight is 549 g/mol. The second kappa shape index (κ2) is 10.6. The summed E-state index contributed by atoms with van der Waals surface area (Å²) in [7, 11) is 0. The van der Waals surface area contributed by atoms with Gasteiger partial charge in [0.2, 0.25) is 0 Å². The first-order valence-electron chi connectivity index (χ1n) is 14.1. The van der Waals surface area contributed by atoms with Gasteiger partial charge in [-0.1, -0.05) is 109 Å². The van der Waals surface area contributed by atoms with E-state index in [1.807, 2.05) is 36.4 Å². The lowest BCUT2D eigenvalue weighted by Crippen LogP contribution is -2.40. The first-order chi connectivity index (χ1) is 20.6. The van der Waals surface area contributed by atoms with Crippen molar-refractivity contribution >= 4 is 34.0 Å². The van der Waals surface area contributed by atoms with Gasteiger partial charge in [-0.3, -0.25) is 4.79 Å². The maximum Gasteiger partial charge on any atom is 0.335 e. The maximum atomic E-state index is 11.7. The predicted octanol–water partition coefficient (Wildman–Crippen LogP) is 8.68. The summed E-state index contributed by atoms with van der Waals surface area (Å²) in [5, 5.41) is 14.4. The number of benzene rings is 6. The van der Waals surface area contributed by atoms with Crippen LogP contribution in [0.15, 0.2) is 133 Å². The van der Waals surface area contributed by atoms with Crippen LogP contribution in [0.5, 0.6) is 5.75 Å². The van der Waals surface area contributed by atoms with Crippen molar-refractivity contribution in [3.8, 4) is 5.75 Å². The molecule has 42 heavy (non-hydrogen) atoms. The first kappa shape index (κ1) is 25.7. The summed E-state index contributed by atoms with van der Waals surface area (Å²) in [6, 6.07) is 45.5. The largest absolute Gasteiger partial charge is 0.478 e. The highest BCUT2D eigenvalue weighted by atomic mass is 16.5. The van der Waals surface area contributed by atoms with Crippen molar-refractivity contribution < 1.29 is 19.4 Å². The van der Waals surface area contributed by atoms with Crippen LogP contribution in [0, 0.1) is 0 Å². The molecule has 0 amide bonds. The molecule has 0 radical (unpaired) electrons. The topological polar surface area (TPSA) is 63.6 Å². The third-order valence-electron chi connectivity index (χ3n) is 8.86. The zero-order valence-electron chi connectivity index (χ0n) is 22.8. The standard InChI is InChI=1S/C38H28O4/c39-23-42-33-19-17-27(18-20-33)35-34(26-11-13-28(14-12-26)38(40)41)36(31-15-9-24-5-1-3-7-29(24)21-31)37(35)32-16-10-25-6-2-4-8-30(25)22-32/h1-23,34-37H,(H,40,41)/t34-,35+,36+,37-/m1/s1. The van der Waals surface area contributed by atoms with E-state index in [1.54, 1.807) is 12.1 Å². The molecule has 0 spiro atoms. The Morgan fingerprint density at radius 1 is 0.524 bits per heavy atom. The molecule has 0 aromatic heterocycles. The minimum Gasteiger partial charge on any atom is -0.478 e. The molecule has 6 aromatic rings. The molecular weight excluding hydrogens is 520 g/mol. The summed E-state index contributed by atoms with van der Waals surface area (Å²) < 4.78 is 5.09. The molecule has 6 aromatic carbocycles. The Morgan fingerprint density at radius 2 is 0.929 bits per heavy atom. The van der Waals surface area contributed by atoms with Gasteiger partial charge in [0, 0.05) is 0 Å². The SMILES string of the molecule is O=COc1ccc([C@H]2[C@@H](c3ccc(C(=O)O)cc3)[C@H](c3ccc4ccccc4c3)[C@@H]2c2ccc3ccccc3c2)cc1.